The zero-order chi connectivity index (χ0) is 26.7. The summed E-state index contributed by atoms with van der Waals surface area (Å²) in [6.45, 7) is 1.31. The van der Waals surface area contributed by atoms with Crippen LogP contribution in [0.2, 0.25) is 0 Å². The molecule has 2 saturated heterocycles. The van der Waals surface area contributed by atoms with Crippen molar-refractivity contribution >= 4 is 26.8 Å². The smallest absolute Gasteiger partial charge is 0.293 e. The van der Waals surface area contributed by atoms with Crippen LogP contribution in [0.15, 0.2) is 41.6 Å². The Morgan fingerprint density at radius 3 is 2.63 bits per heavy atom. The van der Waals surface area contributed by atoms with Crippen molar-refractivity contribution in [2.24, 2.45) is 0 Å². The molecule has 1 amide bonds. The number of ether oxygens (including phenoxy) is 1. The van der Waals surface area contributed by atoms with E-state index in [0.29, 0.717) is 42.6 Å². The summed E-state index contributed by atoms with van der Waals surface area (Å²) in [5.41, 5.74) is 3.92. The monoisotopic (exact) mass is 546 g/mol. The molecule has 1 unspecified atom stereocenters. The van der Waals surface area contributed by atoms with E-state index >= 15 is 0 Å². The lowest BCUT2D eigenvalue weighted by molar-refractivity contribution is -0.186. The predicted molar refractivity (Wildman–Crippen MR) is 136 cm³/mol. The van der Waals surface area contributed by atoms with E-state index in [9.17, 15) is 22.7 Å². The van der Waals surface area contributed by atoms with Gasteiger partial charge in [-0.1, -0.05) is 12.1 Å². The second-order valence-electron chi connectivity index (χ2n) is 9.52. The topological polar surface area (TPSA) is 123 Å². The number of sulfonamides is 1. The fourth-order valence-corrected chi connectivity index (χ4v) is 6.78. The zero-order valence-corrected chi connectivity index (χ0v) is 21.8. The molecule has 0 spiro atoms. The number of nitrogens with one attached hydrogen (secondary N) is 1. The highest BCUT2D eigenvalue weighted by Crippen LogP contribution is 2.34. The van der Waals surface area contributed by atoms with Crippen LogP contribution in [0.3, 0.4) is 0 Å². The van der Waals surface area contributed by atoms with Crippen LogP contribution < -0.4 is 5.48 Å². The fraction of sp³-hybridized carbons (Fsp3) is 0.462. The van der Waals surface area contributed by atoms with Gasteiger partial charge in [0.05, 0.1) is 11.7 Å². The summed E-state index contributed by atoms with van der Waals surface area (Å²) < 4.78 is 49.7. The minimum absolute atomic E-state index is 0.0100. The lowest BCUT2D eigenvalue weighted by Gasteiger charge is -2.22. The normalized spacial score (nSPS) is 18.7. The van der Waals surface area contributed by atoms with Gasteiger partial charge in [0.2, 0.25) is 10.0 Å². The molecule has 0 aliphatic carbocycles. The summed E-state index contributed by atoms with van der Waals surface area (Å²) in [6, 6.07) is 5.95. The van der Waals surface area contributed by atoms with Crippen LogP contribution in [0, 0.1) is 5.82 Å². The molecule has 2 aromatic heterocycles. The highest BCUT2D eigenvalue weighted by molar-refractivity contribution is 7.89. The molecule has 2 aliphatic heterocycles. The maximum absolute atomic E-state index is 13.8. The number of nitrogens with zero attached hydrogens (tertiary/aromatic N) is 3. The molecule has 3 aromatic rings. The van der Waals surface area contributed by atoms with Gasteiger partial charge in [0.25, 0.3) is 5.91 Å². The van der Waals surface area contributed by atoms with Gasteiger partial charge in [0.15, 0.2) is 6.29 Å². The third-order valence-electron chi connectivity index (χ3n) is 6.94. The number of halogens is 1. The molecule has 10 nitrogen and oxygen atoms in total. The SMILES string of the molecule is O=C(NOC1CCCCO1)c1ncc2c(c(S(=O)(=O)N3CCCC3)cn2Cc2ccc(F)cc2)c1CCO. The molecule has 2 aliphatic rings. The van der Waals surface area contributed by atoms with Crippen molar-refractivity contribution in [3.05, 3.63) is 59.3 Å². The quantitative estimate of drug-likeness (QED) is 0.396. The fourth-order valence-electron chi connectivity index (χ4n) is 5.01. The molecule has 2 fully saturated rings. The van der Waals surface area contributed by atoms with Gasteiger partial charge in [-0.2, -0.15) is 4.31 Å². The number of aliphatic hydroxyl groups excluding tert-OH is 1. The third-order valence-corrected chi connectivity index (χ3v) is 8.85. The van der Waals surface area contributed by atoms with Crippen molar-refractivity contribution in [1.82, 2.24) is 19.3 Å². The van der Waals surface area contributed by atoms with Crippen LogP contribution in [-0.4, -0.2) is 65.9 Å². The minimum Gasteiger partial charge on any atom is -0.396 e. The Morgan fingerprint density at radius 2 is 1.95 bits per heavy atom. The number of benzene rings is 1. The van der Waals surface area contributed by atoms with Crippen LogP contribution in [0.25, 0.3) is 10.9 Å². The van der Waals surface area contributed by atoms with Crippen molar-refractivity contribution < 1.29 is 32.3 Å². The van der Waals surface area contributed by atoms with Crippen molar-refractivity contribution in [3.8, 4) is 0 Å². The number of aromatic nitrogens is 2. The standard InChI is InChI=1S/C26H31FN4O6S/c27-19-8-6-18(7-9-19)16-30-17-22(38(34,35)31-11-2-3-12-31)24-20(10-13-32)25(28-15-21(24)30)26(33)29-37-23-5-1-4-14-36-23/h6-9,15,17,23,32H,1-5,10-14,16H2,(H,29,33). The molecule has 1 atom stereocenters. The van der Waals surface area contributed by atoms with E-state index in [0.717, 1.165) is 31.2 Å². The van der Waals surface area contributed by atoms with Gasteiger partial charge in [-0.25, -0.2) is 28.1 Å². The third kappa shape index (κ3) is 5.45. The summed E-state index contributed by atoms with van der Waals surface area (Å²) in [6.07, 6.45) is 6.46. The largest absolute Gasteiger partial charge is 0.396 e. The van der Waals surface area contributed by atoms with Gasteiger partial charge in [-0.3, -0.25) is 4.79 Å². The molecule has 38 heavy (non-hydrogen) atoms. The van der Waals surface area contributed by atoms with E-state index in [1.54, 1.807) is 16.7 Å². The maximum atomic E-state index is 13.8. The minimum atomic E-state index is -3.90. The summed E-state index contributed by atoms with van der Waals surface area (Å²) in [5, 5.41) is 10.2. The molecule has 2 N–H and O–H groups in total. The van der Waals surface area contributed by atoms with E-state index in [2.05, 4.69) is 10.5 Å². The Labute approximate surface area is 220 Å². The molecule has 12 heteroatoms. The average molecular weight is 547 g/mol. The number of aliphatic hydroxyl groups is 1. The van der Waals surface area contributed by atoms with Crippen molar-refractivity contribution in [2.75, 3.05) is 26.3 Å². The molecule has 5 rings (SSSR count). The van der Waals surface area contributed by atoms with Crippen LogP contribution in [0.5, 0.6) is 0 Å². The number of amides is 1. The summed E-state index contributed by atoms with van der Waals surface area (Å²) >= 11 is 0. The van der Waals surface area contributed by atoms with E-state index < -0.39 is 22.2 Å². The Bertz CT molecular complexity index is 1400. The first-order chi connectivity index (χ1) is 18.4. The second-order valence-corrected chi connectivity index (χ2v) is 11.4. The average Bonchev–Trinajstić information content (AvgIpc) is 3.60. The number of fused-ring (bicyclic) bond motifs is 1. The molecule has 0 bridgehead atoms. The lowest BCUT2D eigenvalue weighted by atomic mass is 10.1. The first-order valence-corrected chi connectivity index (χ1v) is 14.3. The number of hydroxylamine groups is 1. The van der Waals surface area contributed by atoms with Gasteiger partial charge >= 0.3 is 0 Å². The van der Waals surface area contributed by atoms with Gasteiger partial charge in [-0.05, 0) is 55.4 Å². The van der Waals surface area contributed by atoms with Gasteiger partial charge in [0.1, 0.15) is 16.4 Å². The lowest BCUT2D eigenvalue weighted by Crippen LogP contribution is -2.34. The van der Waals surface area contributed by atoms with Gasteiger partial charge in [-0.15, -0.1) is 0 Å². The summed E-state index contributed by atoms with van der Waals surface area (Å²) in [5.74, 6) is -1.02. The predicted octanol–water partition coefficient (Wildman–Crippen LogP) is 2.73. The van der Waals surface area contributed by atoms with Gasteiger partial charge < -0.3 is 14.4 Å². The molecule has 204 valence electrons. The van der Waals surface area contributed by atoms with Crippen LogP contribution in [0.4, 0.5) is 4.39 Å². The van der Waals surface area contributed by atoms with Crippen molar-refractivity contribution in [1.29, 1.82) is 0 Å². The number of hydrogen-bond donors (Lipinski definition) is 2. The maximum Gasteiger partial charge on any atom is 0.293 e. The number of hydrogen-bond acceptors (Lipinski definition) is 7. The summed E-state index contributed by atoms with van der Waals surface area (Å²) in [4.78, 5) is 23.0. The Morgan fingerprint density at radius 1 is 1.18 bits per heavy atom. The first kappa shape index (κ1) is 26.7. The van der Waals surface area contributed by atoms with E-state index in [1.165, 1.54) is 28.8 Å². The van der Waals surface area contributed by atoms with E-state index in [4.69, 9.17) is 9.57 Å². The zero-order valence-electron chi connectivity index (χ0n) is 20.9. The highest BCUT2D eigenvalue weighted by Gasteiger charge is 2.33. The molecular formula is C26H31FN4O6S. The first-order valence-electron chi connectivity index (χ1n) is 12.8. The Kier molecular flexibility index (Phi) is 8.05. The molecular weight excluding hydrogens is 515 g/mol. The Balaban J connectivity index is 1.59. The number of carbonyl (C=O) groups excluding carboxylic acids is 1. The van der Waals surface area contributed by atoms with Crippen LogP contribution in [-0.2, 0) is 32.6 Å². The Hall–Kier alpha value is -2.90. The number of rotatable bonds is 9. The molecule has 4 heterocycles. The van der Waals surface area contributed by atoms with Crippen molar-refractivity contribution in [3.63, 3.8) is 0 Å². The van der Waals surface area contributed by atoms with Gasteiger partial charge in [0, 0.05) is 50.9 Å². The van der Waals surface area contributed by atoms with Crippen LogP contribution in [0.1, 0.15) is 53.7 Å². The second kappa shape index (κ2) is 11.5. The summed E-state index contributed by atoms with van der Waals surface area (Å²) in [7, 11) is -3.90. The van der Waals surface area contributed by atoms with E-state index in [-0.39, 0.29) is 36.0 Å². The number of pyridine rings is 1. The number of carbonyl (C=O) groups is 1. The molecule has 1 aromatic carbocycles. The molecule has 0 radical (unpaired) electrons. The molecule has 0 saturated carbocycles. The van der Waals surface area contributed by atoms with Crippen molar-refractivity contribution in [2.45, 2.75) is 56.3 Å². The highest BCUT2D eigenvalue weighted by atomic mass is 32.2. The van der Waals surface area contributed by atoms with Crippen LogP contribution >= 0.6 is 0 Å². The van der Waals surface area contributed by atoms with E-state index in [1.807, 2.05) is 0 Å².